The third-order valence-corrected chi connectivity index (χ3v) is 4.92. The minimum Gasteiger partial charge on any atom is -0.343 e. The number of hydrogen-bond acceptors (Lipinski definition) is 4. The predicted octanol–water partition coefficient (Wildman–Crippen LogP) is 2.15. The van der Waals surface area contributed by atoms with Gasteiger partial charge in [-0.05, 0) is 55.8 Å². The van der Waals surface area contributed by atoms with Gasteiger partial charge >= 0.3 is 11.1 Å². The largest absolute Gasteiger partial charge is 0.343 e. The number of benzene rings is 2. The van der Waals surface area contributed by atoms with Crippen LogP contribution in [0.4, 0.5) is 5.69 Å². The lowest BCUT2D eigenvalue weighted by Gasteiger charge is -2.11. The Bertz CT molecular complexity index is 1230. The van der Waals surface area contributed by atoms with Gasteiger partial charge in [0.05, 0.1) is 17.6 Å². The monoisotopic (exact) mass is 458 g/mol. The average Bonchev–Trinajstić information content (AvgIpc) is 2.69. The molecule has 150 valence electrons. The van der Waals surface area contributed by atoms with Crippen molar-refractivity contribution >= 4 is 44.5 Å². The topological polar surface area (TPSA) is 113 Å². The summed E-state index contributed by atoms with van der Waals surface area (Å²) in [7, 11) is 0. The van der Waals surface area contributed by atoms with E-state index in [1.54, 1.807) is 25.1 Å². The van der Waals surface area contributed by atoms with E-state index >= 15 is 0 Å². The van der Waals surface area contributed by atoms with Crippen LogP contribution in [0.25, 0.3) is 11.0 Å². The minimum absolute atomic E-state index is 0.211. The molecule has 8 nitrogen and oxygen atoms in total. The lowest BCUT2D eigenvalue weighted by Crippen LogP contribution is -2.36. The molecule has 0 fully saturated rings. The number of halogens is 1. The highest BCUT2D eigenvalue weighted by Crippen LogP contribution is 2.19. The third kappa shape index (κ3) is 4.45. The second-order valence-electron chi connectivity index (χ2n) is 6.43. The van der Waals surface area contributed by atoms with Gasteiger partial charge in [0.25, 0.3) is 5.91 Å². The highest BCUT2D eigenvalue weighted by Gasteiger charge is 2.12. The van der Waals surface area contributed by atoms with Gasteiger partial charge in [0.15, 0.2) is 0 Å². The molecule has 3 aromatic rings. The number of nitrogens with one attached hydrogen (secondary N) is 3. The van der Waals surface area contributed by atoms with Crippen molar-refractivity contribution in [2.45, 2.75) is 20.4 Å². The third-order valence-electron chi connectivity index (χ3n) is 4.43. The Hall–Kier alpha value is -3.20. The number of aryl methyl sites for hydroxylation is 2. The Morgan fingerprint density at radius 1 is 1.14 bits per heavy atom. The molecule has 3 N–H and O–H groups in total. The predicted molar refractivity (Wildman–Crippen MR) is 114 cm³/mol. The first kappa shape index (κ1) is 20.5. The van der Waals surface area contributed by atoms with Crippen molar-refractivity contribution < 1.29 is 9.59 Å². The molecule has 0 aliphatic rings. The number of hydrogen-bond donors (Lipinski definition) is 3. The SMILES string of the molecule is CCn1c(=O)c(=O)[nH]c2cc(C(=O)NCC(=O)Nc3ccc(Br)cc3C)ccc21. The zero-order valence-corrected chi connectivity index (χ0v) is 17.4. The maximum absolute atomic E-state index is 12.4. The first-order valence-electron chi connectivity index (χ1n) is 8.91. The molecule has 0 radical (unpaired) electrons. The normalized spacial score (nSPS) is 10.7. The van der Waals surface area contributed by atoms with E-state index in [-0.39, 0.29) is 18.0 Å². The van der Waals surface area contributed by atoms with Gasteiger partial charge in [0.1, 0.15) is 0 Å². The van der Waals surface area contributed by atoms with Crippen molar-refractivity contribution in [3.63, 3.8) is 0 Å². The molecule has 9 heteroatoms. The van der Waals surface area contributed by atoms with E-state index in [4.69, 9.17) is 0 Å². The molecule has 29 heavy (non-hydrogen) atoms. The van der Waals surface area contributed by atoms with Crippen LogP contribution in [-0.4, -0.2) is 27.9 Å². The number of amides is 2. The maximum atomic E-state index is 12.4. The number of aromatic nitrogens is 2. The van der Waals surface area contributed by atoms with E-state index in [9.17, 15) is 19.2 Å². The summed E-state index contributed by atoms with van der Waals surface area (Å²) < 4.78 is 2.24. The van der Waals surface area contributed by atoms with Crippen LogP contribution in [-0.2, 0) is 11.3 Å². The highest BCUT2D eigenvalue weighted by molar-refractivity contribution is 9.10. The van der Waals surface area contributed by atoms with Crippen LogP contribution in [0.2, 0.25) is 0 Å². The summed E-state index contributed by atoms with van der Waals surface area (Å²) in [5, 5.41) is 5.29. The lowest BCUT2D eigenvalue weighted by atomic mass is 10.1. The van der Waals surface area contributed by atoms with Gasteiger partial charge in [-0.2, -0.15) is 0 Å². The zero-order valence-electron chi connectivity index (χ0n) is 15.8. The zero-order chi connectivity index (χ0) is 21.1. The van der Waals surface area contributed by atoms with Gasteiger partial charge in [-0.1, -0.05) is 15.9 Å². The number of fused-ring (bicyclic) bond motifs is 1. The fourth-order valence-electron chi connectivity index (χ4n) is 2.96. The van der Waals surface area contributed by atoms with Crippen LogP contribution in [0.5, 0.6) is 0 Å². The summed E-state index contributed by atoms with van der Waals surface area (Å²) in [5.74, 6) is -0.831. The standard InChI is InChI=1S/C20H19BrN4O4/c1-3-25-16-7-4-12(9-15(16)24-19(28)20(25)29)18(27)22-10-17(26)23-14-6-5-13(21)8-11(14)2/h4-9H,3,10H2,1-2H3,(H,22,27)(H,23,26)(H,24,28). The quantitative estimate of drug-likeness (QED) is 0.508. The van der Waals surface area contributed by atoms with E-state index < -0.39 is 17.0 Å². The summed E-state index contributed by atoms with van der Waals surface area (Å²) in [6.07, 6.45) is 0. The molecule has 3 rings (SSSR count). The Morgan fingerprint density at radius 2 is 1.90 bits per heavy atom. The van der Waals surface area contributed by atoms with Crippen molar-refractivity contribution in [3.8, 4) is 0 Å². The highest BCUT2D eigenvalue weighted by atomic mass is 79.9. The number of anilines is 1. The molecule has 0 unspecified atom stereocenters. The fraction of sp³-hybridized carbons (Fsp3) is 0.200. The summed E-state index contributed by atoms with van der Waals surface area (Å²) in [6.45, 7) is 3.75. The van der Waals surface area contributed by atoms with Gasteiger partial charge in [0.2, 0.25) is 5.91 Å². The number of carbonyl (C=O) groups excluding carboxylic acids is 2. The van der Waals surface area contributed by atoms with Crippen molar-refractivity contribution in [3.05, 3.63) is 72.7 Å². The molecule has 0 saturated heterocycles. The second kappa shape index (κ2) is 8.44. The van der Waals surface area contributed by atoms with Gasteiger partial charge < -0.3 is 20.2 Å². The number of aromatic amines is 1. The number of carbonyl (C=O) groups is 2. The van der Waals surface area contributed by atoms with Crippen molar-refractivity contribution in [1.29, 1.82) is 0 Å². The van der Waals surface area contributed by atoms with Crippen LogP contribution in [0, 0.1) is 6.92 Å². The average molecular weight is 459 g/mol. The number of nitrogens with zero attached hydrogens (tertiary/aromatic N) is 1. The summed E-state index contributed by atoms with van der Waals surface area (Å²) in [6, 6.07) is 10.1. The summed E-state index contributed by atoms with van der Waals surface area (Å²) >= 11 is 3.36. The molecule has 0 spiro atoms. The van der Waals surface area contributed by atoms with Crippen LogP contribution in [0.15, 0.2) is 50.5 Å². The summed E-state index contributed by atoms with van der Waals surface area (Å²) in [4.78, 5) is 50.7. The van der Waals surface area contributed by atoms with E-state index in [1.807, 2.05) is 19.1 Å². The van der Waals surface area contributed by atoms with E-state index in [0.29, 0.717) is 23.3 Å². The van der Waals surface area contributed by atoms with Crippen molar-refractivity contribution in [1.82, 2.24) is 14.9 Å². The minimum atomic E-state index is -0.749. The van der Waals surface area contributed by atoms with E-state index in [1.165, 1.54) is 10.6 Å². The molecule has 0 aliphatic heterocycles. The molecule has 0 atom stereocenters. The van der Waals surface area contributed by atoms with E-state index in [0.717, 1.165) is 10.0 Å². The molecule has 2 aromatic carbocycles. The fourth-order valence-corrected chi connectivity index (χ4v) is 3.43. The Morgan fingerprint density at radius 3 is 2.59 bits per heavy atom. The Labute approximate surface area is 174 Å². The smallest absolute Gasteiger partial charge is 0.316 e. The van der Waals surface area contributed by atoms with Crippen LogP contribution in [0.1, 0.15) is 22.8 Å². The van der Waals surface area contributed by atoms with Gasteiger partial charge in [0, 0.05) is 22.3 Å². The van der Waals surface area contributed by atoms with Crippen molar-refractivity contribution in [2.24, 2.45) is 0 Å². The molecular weight excluding hydrogens is 440 g/mol. The summed E-state index contributed by atoms with van der Waals surface area (Å²) in [5.41, 5.74) is 1.32. The molecule has 0 aliphatic carbocycles. The van der Waals surface area contributed by atoms with Crippen LogP contribution in [0.3, 0.4) is 0 Å². The molecule has 1 aromatic heterocycles. The van der Waals surface area contributed by atoms with Crippen molar-refractivity contribution in [2.75, 3.05) is 11.9 Å². The Kier molecular flexibility index (Phi) is 5.97. The van der Waals surface area contributed by atoms with Crippen LogP contribution >= 0.6 is 15.9 Å². The number of H-pyrrole nitrogens is 1. The lowest BCUT2D eigenvalue weighted by molar-refractivity contribution is -0.115. The van der Waals surface area contributed by atoms with Gasteiger partial charge in [-0.15, -0.1) is 0 Å². The van der Waals surface area contributed by atoms with E-state index in [2.05, 4.69) is 31.5 Å². The number of rotatable bonds is 5. The maximum Gasteiger partial charge on any atom is 0.316 e. The van der Waals surface area contributed by atoms with Gasteiger partial charge in [-0.25, -0.2) is 0 Å². The van der Waals surface area contributed by atoms with Gasteiger partial charge in [-0.3, -0.25) is 19.2 Å². The Balaban J connectivity index is 1.73. The molecule has 0 saturated carbocycles. The molecule has 0 bridgehead atoms. The van der Waals surface area contributed by atoms with Crippen LogP contribution < -0.4 is 21.8 Å². The second-order valence-corrected chi connectivity index (χ2v) is 7.34. The molecule has 2 amide bonds. The molecule has 1 heterocycles. The first-order chi connectivity index (χ1) is 13.8. The first-order valence-corrected chi connectivity index (χ1v) is 9.70. The molecular formula is C20H19BrN4O4.